The zero-order valence-corrected chi connectivity index (χ0v) is 8.93. The van der Waals surface area contributed by atoms with Gasteiger partial charge >= 0.3 is 0 Å². The molecule has 0 saturated heterocycles. The van der Waals surface area contributed by atoms with Crippen LogP contribution in [-0.2, 0) is 4.79 Å². The third-order valence-corrected chi connectivity index (χ3v) is 4.37. The highest BCUT2D eigenvalue weighted by atomic mass is 16.1. The van der Waals surface area contributed by atoms with Crippen molar-refractivity contribution in [2.24, 2.45) is 17.1 Å². The topological polar surface area (TPSA) is 43.1 Å². The van der Waals surface area contributed by atoms with Crippen molar-refractivity contribution in [2.75, 3.05) is 0 Å². The SMILES string of the molecule is NC(=O)C12CCCCCC1CCCC2. The normalized spacial score (nSPS) is 38.4. The smallest absolute Gasteiger partial charge is 0.223 e. The molecule has 0 aromatic heterocycles. The number of hydrogen-bond acceptors (Lipinski definition) is 1. The lowest BCUT2D eigenvalue weighted by atomic mass is 9.63. The Labute approximate surface area is 86.2 Å². The zero-order valence-electron chi connectivity index (χ0n) is 8.93. The van der Waals surface area contributed by atoms with Crippen LogP contribution in [0.3, 0.4) is 0 Å². The van der Waals surface area contributed by atoms with Crippen LogP contribution in [0.1, 0.15) is 57.8 Å². The number of rotatable bonds is 1. The summed E-state index contributed by atoms with van der Waals surface area (Å²) in [4.78, 5) is 11.7. The number of primary amides is 1. The second-order valence-corrected chi connectivity index (χ2v) is 5.06. The van der Waals surface area contributed by atoms with E-state index in [-0.39, 0.29) is 11.3 Å². The van der Waals surface area contributed by atoms with Gasteiger partial charge in [0.2, 0.25) is 5.91 Å². The Morgan fingerprint density at radius 1 is 1.00 bits per heavy atom. The predicted octanol–water partition coefficient (Wildman–Crippen LogP) is 2.61. The highest BCUT2D eigenvalue weighted by molar-refractivity contribution is 5.81. The van der Waals surface area contributed by atoms with Crippen molar-refractivity contribution in [3.05, 3.63) is 0 Å². The Morgan fingerprint density at radius 2 is 1.57 bits per heavy atom. The van der Waals surface area contributed by atoms with Gasteiger partial charge in [0.15, 0.2) is 0 Å². The minimum Gasteiger partial charge on any atom is -0.369 e. The van der Waals surface area contributed by atoms with E-state index in [1.807, 2.05) is 0 Å². The first-order chi connectivity index (χ1) is 6.76. The van der Waals surface area contributed by atoms with E-state index < -0.39 is 0 Å². The highest BCUT2D eigenvalue weighted by Gasteiger charge is 2.45. The van der Waals surface area contributed by atoms with E-state index >= 15 is 0 Å². The van der Waals surface area contributed by atoms with Crippen LogP contribution in [0.2, 0.25) is 0 Å². The fourth-order valence-corrected chi connectivity index (χ4v) is 3.52. The first kappa shape index (κ1) is 10.0. The van der Waals surface area contributed by atoms with Crippen LogP contribution >= 0.6 is 0 Å². The lowest BCUT2D eigenvalue weighted by molar-refractivity contribution is -0.133. The Kier molecular flexibility index (Phi) is 2.80. The van der Waals surface area contributed by atoms with Crippen molar-refractivity contribution >= 4 is 5.91 Å². The second-order valence-electron chi connectivity index (χ2n) is 5.06. The van der Waals surface area contributed by atoms with Crippen molar-refractivity contribution in [1.29, 1.82) is 0 Å². The fraction of sp³-hybridized carbons (Fsp3) is 0.917. The molecule has 0 aromatic rings. The molecule has 0 bridgehead atoms. The molecule has 0 radical (unpaired) electrons. The van der Waals surface area contributed by atoms with Crippen LogP contribution in [0, 0.1) is 11.3 Å². The molecule has 2 nitrogen and oxygen atoms in total. The minimum atomic E-state index is -0.102. The van der Waals surface area contributed by atoms with Gasteiger partial charge in [-0.2, -0.15) is 0 Å². The van der Waals surface area contributed by atoms with Crippen molar-refractivity contribution < 1.29 is 4.79 Å². The largest absolute Gasteiger partial charge is 0.369 e. The third kappa shape index (κ3) is 1.55. The van der Waals surface area contributed by atoms with Crippen LogP contribution < -0.4 is 5.73 Å². The van der Waals surface area contributed by atoms with Crippen molar-refractivity contribution in [3.63, 3.8) is 0 Å². The minimum absolute atomic E-state index is 0.0101. The Hall–Kier alpha value is -0.530. The zero-order chi connectivity index (χ0) is 10.0. The molecule has 0 spiro atoms. The van der Waals surface area contributed by atoms with Gasteiger partial charge < -0.3 is 5.73 Å². The Morgan fingerprint density at radius 3 is 2.21 bits per heavy atom. The molecule has 2 aliphatic rings. The molecular formula is C12H21NO. The van der Waals surface area contributed by atoms with E-state index in [0.717, 1.165) is 12.8 Å². The second kappa shape index (κ2) is 3.92. The van der Waals surface area contributed by atoms with Gasteiger partial charge in [-0.1, -0.05) is 32.1 Å². The van der Waals surface area contributed by atoms with Gasteiger partial charge in [-0.05, 0) is 31.6 Å². The van der Waals surface area contributed by atoms with Crippen molar-refractivity contribution in [1.82, 2.24) is 0 Å². The van der Waals surface area contributed by atoms with E-state index in [0.29, 0.717) is 5.92 Å². The Balaban J connectivity index is 2.22. The Bertz CT molecular complexity index is 226. The van der Waals surface area contributed by atoms with Crippen LogP contribution in [-0.4, -0.2) is 5.91 Å². The monoisotopic (exact) mass is 195 g/mol. The van der Waals surface area contributed by atoms with E-state index in [1.165, 1.54) is 44.9 Å². The van der Waals surface area contributed by atoms with Gasteiger partial charge in [0.25, 0.3) is 0 Å². The van der Waals surface area contributed by atoms with Gasteiger partial charge in [-0.15, -0.1) is 0 Å². The summed E-state index contributed by atoms with van der Waals surface area (Å²) in [5.74, 6) is 0.598. The summed E-state index contributed by atoms with van der Waals surface area (Å²) in [6.45, 7) is 0. The molecule has 0 aromatic carbocycles. The maximum Gasteiger partial charge on any atom is 0.223 e. The lowest BCUT2D eigenvalue weighted by Crippen LogP contribution is -2.44. The molecule has 80 valence electrons. The summed E-state index contributed by atoms with van der Waals surface area (Å²) in [6, 6.07) is 0. The molecule has 2 fully saturated rings. The summed E-state index contributed by atoms with van der Waals surface area (Å²) in [7, 11) is 0. The summed E-state index contributed by atoms with van der Waals surface area (Å²) < 4.78 is 0. The first-order valence-electron chi connectivity index (χ1n) is 6.06. The molecule has 2 unspecified atom stereocenters. The number of hydrogen-bond donors (Lipinski definition) is 1. The maximum atomic E-state index is 11.7. The van der Waals surface area contributed by atoms with Gasteiger partial charge in [0.1, 0.15) is 0 Å². The molecule has 1 amide bonds. The van der Waals surface area contributed by atoms with Crippen molar-refractivity contribution in [3.8, 4) is 0 Å². The van der Waals surface area contributed by atoms with E-state index in [4.69, 9.17) is 5.73 Å². The quantitative estimate of drug-likeness (QED) is 0.686. The van der Waals surface area contributed by atoms with Gasteiger partial charge in [-0.3, -0.25) is 4.79 Å². The fourth-order valence-electron chi connectivity index (χ4n) is 3.52. The summed E-state index contributed by atoms with van der Waals surface area (Å²) in [5, 5.41) is 0. The summed E-state index contributed by atoms with van der Waals surface area (Å²) in [5.41, 5.74) is 5.54. The van der Waals surface area contributed by atoms with Crippen molar-refractivity contribution in [2.45, 2.75) is 57.8 Å². The predicted molar refractivity (Wildman–Crippen MR) is 56.7 cm³/mol. The highest BCUT2D eigenvalue weighted by Crippen LogP contribution is 2.48. The molecule has 2 saturated carbocycles. The standard InChI is InChI=1S/C12H21NO/c13-11(14)12-8-4-1-2-6-10(12)7-3-5-9-12/h10H,1-9H2,(H2,13,14). The van der Waals surface area contributed by atoms with Gasteiger partial charge in [0.05, 0.1) is 5.41 Å². The summed E-state index contributed by atoms with van der Waals surface area (Å²) >= 11 is 0. The van der Waals surface area contributed by atoms with Crippen LogP contribution in [0.25, 0.3) is 0 Å². The molecule has 0 heterocycles. The molecular weight excluding hydrogens is 174 g/mol. The van der Waals surface area contributed by atoms with E-state index in [9.17, 15) is 4.79 Å². The summed E-state index contributed by atoms with van der Waals surface area (Å²) in [6.07, 6.45) is 10.9. The van der Waals surface area contributed by atoms with Crippen LogP contribution in [0.5, 0.6) is 0 Å². The first-order valence-corrected chi connectivity index (χ1v) is 6.06. The maximum absolute atomic E-state index is 11.7. The number of amides is 1. The number of fused-ring (bicyclic) bond motifs is 1. The van der Waals surface area contributed by atoms with Gasteiger partial charge in [0, 0.05) is 0 Å². The third-order valence-electron chi connectivity index (χ3n) is 4.37. The number of nitrogens with two attached hydrogens (primary N) is 1. The molecule has 2 N–H and O–H groups in total. The average Bonchev–Trinajstić information content (AvgIpc) is 2.40. The number of carbonyl (C=O) groups excluding carboxylic acids is 1. The van der Waals surface area contributed by atoms with Crippen LogP contribution in [0.15, 0.2) is 0 Å². The van der Waals surface area contributed by atoms with E-state index in [2.05, 4.69) is 0 Å². The van der Waals surface area contributed by atoms with E-state index in [1.54, 1.807) is 0 Å². The molecule has 2 atom stereocenters. The van der Waals surface area contributed by atoms with Crippen LogP contribution in [0.4, 0.5) is 0 Å². The molecule has 14 heavy (non-hydrogen) atoms. The molecule has 2 heteroatoms. The lowest BCUT2D eigenvalue weighted by Gasteiger charge is -2.40. The molecule has 2 aliphatic carbocycles. The molecule has 0 aliphatic heterocycles. The number of carbonyl (C=O) groups is 1. The average molecular weight is 195 g/mol. The van der Waals surface area contributed by atoms with Gasteiger partial charge in [-0.25, -0.2) is 0 Å². The molecule has 2 rings (SSSR count).